The lowest BCUT2D eigenvalue weighted by Crippen LogP contribution is -2.34. The standard InChI is InChI=1S/C11H20N2O3/c1-3-6-12-8-10(14)13-7-4-5-9(2)11(15)16/h3,9,12H,1,4-8H2,2H3,(H,13,14)(H,15,16). The van der Waals surface area contributed by atoms with Crippen LogP contribution in [-0.4, -0.2) is 36.6 Å². The van der Waals surface area contributed by atoms with Crippen molar-refractivity contribution in [2.24, 2.45) is 5.92 Å². The van der Waals surface area contributed by atoms with Gasteiger partial charge in [0, 0.05) is 13.1 Å². The molecule has 0 heterocycles. The predicted molar refractivity (Wildman–Crippen MR) is 62.1 cm³/mol. The summed E-state index contributed by atoms with van der Waals surface area (Å²) in [5.74, 6) is -1.22. The van der Waals surface area contributed by atoms with Crippen molar-refractivity contribution in [3.8, 4) is 0 Å². The smallest absolute Gasteiger partial charge is 0.306 e. The Balaban J connectivity index is 3.40. The molecule has 5 nitrogen and oxygen atoms in total. The molecule has 0 aromatic rings. The average molecular weight is 228 g/mol. The number of nitrogens with one attached hydrogen (secondary N) is 2. The molecule has 0 fully saturated rings. The zero-order valence-corrected chi connectivity index (χ0v) is 9.66. The van der Waals surface area contributed by atoms with E-state index in [2.05, 4.69) is 17.2 Å². The fourth-order valence-electron chi connectivity index (χ4n) is 1.11. The highest BCUT2D eigenvalue weighted by Crippen LogP contribution is 2.03. The van der Waals surface area contributed by atoms with Gasteiger partial charge in [-0.05, 0) is 12.8 Å². The number of aliphatic carboxylic acids is 1. The Morgan fingerprint density at radius 2 is 2.19 bits per heavy atom. The highest BCUT2D eigenvalue weighted by atomic mass is 16.4. The number of rotatable bonds is 9. The summed E-state index contributed by atoms with van der Waals surface area (Å²) in [6.45, 7) is 6.57. The predicted octanol–water partition coefficient (Wildman–Crippen LogP) is 0.379. The first kappa shape index (κ1) is 14.6. The third-order valence-electron chi connectivity index (χ3n) is 2.13. The van der Waals surface area contributed by atoms with Crippen molar-refractivity contribution in [2.75, 3.05) is 19.6 Å². The number of carboxylic acid groups (broad SMARTS) is 1. The van der Waals surface area contributed by atoms with Crippen LogP contribution in [0.15, 0.2) is 12.7 Å². The summed E-state index contributed by atoms with van der Waals surface area (Å²) in [6, 6.07) is 0. The minimum atomic E-state index is -0.793. The summed E-state index contributed by atoms with van der Waals surface area (Å²) in [4.78, 5) is 21.7. The molecule has 0 radical (unpaired) electrons. The molecule has 1 amide bonds. The maximum atomic E-state index is 11.2. The van der Waals surface area contributed by atoms with Gasteiger partial charge < -0.3 is 15.7 Å². The lowest BCUT2D eigenvalue weighted by molar-refractivity contribution is -0.141. The lowest BCUT2D eigenvalue weighted by Gasteiger charge is -2.07. The third-order valence-corrected chi connectivity index (χ3v) is 2.13. The maximum Gasteiger partial charge on any atom is 0.306 e. The number of hydrogen-bond donors (Lipinski definition) is 3. The molecule has 0 aliphatic carbocycles. The molecular formula is C11H20N2O3. The number of carbonyl (C=O) groups excluding carboxylic acids is 1. The summed E-state index contributed by atoms with van der Waals surface area (Å²) < 4.78 is 0. The van der Waals surface area contributed by atoms with E-state index < -0.39 is 5.97 Å². The average Bonchev–Trinajstić information content (AvgIpc) is 2.24. The largest absolute Gasteiger partial charge is 0.481 e. The molecule has 16 heavy (non-hydrogen) atoms. The van der Waals surface area contributed by atoms with Crippen LogP contribution in [0.25, 0.3) is 0 Å². The van der Waals surface area contributed by atoms with Crippen molar-refractivity contribution >= 4 is 11.9 Å². The molecule has 5 heteroatoms. The Hall–Kier alpha value is -1.36. The minimum Gasteiger partial charge on any atom is -0.481 e. The third kappa shape index (κ3) is 7.99. The van der Waals surface area contributed by atoms with Crippen LogP contribution in [0.3, 0.4) is 0 Å². The van der Waals surface area contributed by atoms with Crippen LogP contribution in [0.4, 0.5) is 0 Å². The molecule has 92 valence electrons. The summed E-state index contributed by atoms with van der Waals surface area (Å²) in [7, 11) is 0. The van der Waals surface area contributed by atoms with Crippen molar-refractivity contribution in [3.63, 3.8) is 0 Å². The fourth-order valence-corrected chi connectivity index (χ4v) is 1.11. The second-order valence-electron chi connectivity index (χ2n) is 3.65. The highest BCUT2D eigenvalue weighted by molar-refractivity contribution is 5.77. The van der Waals surface area contributed by atoms with Crippen molar-refractivity contribution in [1.82, 2.24) is 10.6 Å². The Morgan fingerprint density at radius 3 is 2.75 bits per heavy atom. The summed E-state index contributed by atoms with van der Waals surface area (Å²) in [6.07, 6.45) is 2.94. The first-order valence-corrected chi connectivity index (χ1v) is 5.39. The minimum absolute atomic E-state index is 0.0789. The molecule has 3 N–H and O–H groups in total. The van der Waals surface area contributed by atoms with Crippen LogP contribution in [-0.2, 0) is 9.59 Å². The fraction of sp³-hybridized carbons (Fsp3) is 0.636. The van der Waals surface area contributed by atoms with Gasteiger partial charge >= 0.3 is 5.97 Å². The summed E-state index contributed by atoms with van der Waals surface area (Å²) in [5.41, 5.74) is 0. The first-order valence-electron chi connectivity index (χ1n) is 5.39. The summed E-state index contributed by atoms with van der Waals surface area (Å²) >= 11 is 0. The molecule has 0 aliphatic rings. The SMILES string of the molecule is C=CCNCC(=O)NCCCC(C)C(=O)O. The highest BCUT2D eigenvalue weighted by Gasteiger charge is 2.09. The van der Waals surface area contributed by atoms with Gasteiger partial charge in [-0.2, -0.15) is 0 Å². The van der Waals surface area contributed by atoms with Crippen molar-refractivity contribution in [3.05, 3.63) is 12.7 Å². The van der Waals surface area contributed by atoms with Crippen molar-refractivity contribution in [2.45, 2.75) is 19.8 Å². The number of amides is 1. The van der Waals surface area contributed by atoms with Gasteiger partial charge in [0.15, 0.2) is 0 Å². The van der Waals surface area contributed by atoms with Gasteiger partial charge in [-0.25, -0.2) is 0 Å². The topological polar surface area (TPSA) is 78.4 Å². The lowest BCUT2D eigenvalue weighted by atomic mass is 10.1. The van der Waals surface area contributed by atoms with Gasteiger partial charge in [0.05, 0.1) is 12.5 Å². The van der Waals surface area contributed by atoms with E-state index in [1.54, 1.807) is 13.0 Å². The van der Waals surface area contributed by atoms with Crippen LogP contribution in [0, 0.1) is 5.92 Å². The Kier molecular flexibility index (Phi) is 8.15. The van der Waals surface area contributed by atoms with Crippen molar-refractivity contribution in [1.29, 1.82) is 0 Å². The Labute approximate surface area is 95.9 Å². The van der Waals surface area contributed by atoms with Gasteiger partial charge in [-0.1, -0.05) is 13.0 Å². The van der Waals surface area contributed by atoms with E-state index in [4.69, 9.17) is 5.11 Å². The number of carbonyl (C=O) groups is 2. The number of hydrogen-bond acceptors (Lipinski definition) is 3. The molecule has 1 unspecified atom stereocenters. The van der Waals surface area contributed by atoms with Gasteiger partial charge in [0.1, 0.15) is 0 Å². The molecule has 0 aliphatic heterocycles. The quantitative estimate of drug-likeness (QED) is 0.394. The van der Waals surface area contributed by atoms with Gasteiger partial charge in [-0.3, -0.25) is 9.59 Å². The normalized spacial score (nSPS) is 11.8. The van der Waals surface area contributed by atoms with E-state index in [1.807, 2.05) is 0 Å². The van der Waals surface area contributed by atoms with Gasteiger partial charge in [0.25, 0.3) is 0 Å². The summed E-state index contributed by atoms with van der Waals surface area (Å²) in [5, 5.41) is 14.2. The molecule has 0 bridgehead atoms. The molecule has 0 spiro atoms. The molecule has 1 atom stereocenters. The monoisotopic (exact) mass is 228 g/mol. The molecule has 0 rings (SSSR count). The van der Waals surface area contributed by atoms with Gasteiger partial charge in [-0.15, -0.1) is 6.58 Å². The zero-order valence-electron chi connectivity index (χ0n) is 9.66. The van der Waals surface area contributed by atoms with Gasteiger partial charge in [0.2, 0.25) is 5.91 Å². The molecule has 0 aromatic heterocycles. The van der Waals surface area contributed by atoms with E-state index in [9.17, 15) is 9.59 Å². The van der Waals surface area contributed by atoms with Crippen molar-refractivity contribution < 1.29 is 14.7 Å². The van der Waals surface area contributed by atoms with E-state index in [1.165, 1.54) is 0 Å². The second kappa shape index (κ2) is 8.91. The van der Waals surface area contributed by atoms with Crippen LogP contribution < -0.4 is 10.6 Å². The molecule has 0 aromatic carbocycles. The van der Waals surface area contributed by atoms with E-state index in [0.717, 1.165) is 0 Å². The second-order valence-corrected chi connectivity index (χ2v) is 3.65. The first-order chi connectivity index (χ1) is 7.57. The van der Waals surface area contributed by atoms with Crippen LogP contribution in [0.2, 0.25) is 0 Å². The van der Waals surface area contributed by atoms with E-state index in [0.29, 0.717) is 25.9 Å². The Morgan fingerprint density at radius 1 is 1.50 bits per heavy atom. The Bertz CT molecular complexity index is 241. The molecule has 0 saturated heterocycles. The van der Waals surface area contributed by atoms with Crippen LogP contribution in [0.5, 0.6) is 0 Å². The van der Waals surface area contributed by atoms with E-state index >= 15 is 0 Å². The molecular weight excluding hydrogens is 208 g/mol. The van der Waals surface area contributed by atoms with E-state index in [-0.39, 0.29) is 18.4 Å². The van der Waals surface area contributed by atoms with Crippen LogP contribution >= 0.6 is 0 Å². The van der Waals surface area contributed by atoms with Crippen LogP contribution in [0.1, 0.15) is 19.8 Å². The molecule has 0 saturated carbocycles. The number of carboxylic acids is 1. The maximum absolute atomic E-state index is 11.2. The zero-order chi connectivity index (χ0) is 12.4.